The highest BCUT2D eigenvalue weighted by Crippen LogP contribution is 2.35. The van der Waals surface area contributed by atoms with Crippen LogP contribution in [0.4, 0.5) is 0 Å². The Kier molecular flexibility index (Phi) is 2.24. The van der Waals surface area contributed by atoms with Gasteiger partial charge in [0.2, 0.25) is 5.91 Å². The molecule has 1 amide bonds. The van der Waals surface area contributed by atoms with Crippen molar-refractivity contribution < 1.29 is 4.79 Å². The van der Waals surface area contributed by atoms with Crippen LogP contribution in [0.3, 0.4) is 0 Å². The molecule has 0 aliphatic carbocycles. The van der Waals surface area contributed by atoms with Gasteiger partial charge >= 0.3 is 0 Å². The summed E-state index contributed by atoms with van der Waals surface area (Å²) in [6.45, 7) is 7.45. The molecule has 1 aromatic rings. The number of rotatable bonds is 0. The van der Waals surface area contributed by atoms with Gasteiger partial charge in [0.25, 0.3) is 0 Å². The van der Waals surface area contributed by atoms with E-state index in [1.807, 2.05) is 27.7 Å². The molecule has 0 saturated heterocycles. The van der Waals surface area contributed by atoms with Gasteiger partial charge in [0, 0.05) is 0 Å². The molecule has 2 heterocycles. The number of fused-ring (bicyclic) bond motifs is 1. The summed E-state index contributed by atoms with van der Waals surface area (Å²) in [5.41, 5.74) is 0.248. The fraction of sp³-hybridized carbons (Fsp3) is 0.545. The molecule has 0 fully saturated rings. The molecule has 16 heavy (non-hydrogen) atoms. The fourth-order valence-electron chi connectivity index (χ4n) is 1.87. The summed E-state index contributed by atoms with van der Waals surface area (Å²) in [5.74, 6) is -0.0541. The zero-order valence-corrected chi connectivity index (χ0v) is 10.5. The van der Waals surface area contributed by atoms with Gasteiger partial charge in [-0.05, 0) is 27.7 Å². The molecule has 0 saturated carbocycles. The number of hydrogen-bond acceptors (Lipinski definition) is 3. The molecule has 1 aromatic heterocycles. The SMILES string of the molecule is CC1(C)NC(=O)C(C)(C)c2nc(Cl)cnc21. The fourth-order valence-corrected chi connectivity index (χ4v) is 2.00. The summed E-state index contributed by atoms with van der Waals surface area (Å²) in [6, 6.07) is 0. The lowest BCUT2D eigenvalue weighted by Gasteiger charge is -2.39. The number of nitrogens with one attached hydrogen (secondary N) is 1. The largest absolute Gasteiger partial charge is 0.345 e. The van der Waals surface area contributed by atoms with Gasteiger partial charge < -0.3 is 5.32 Å². The molecular formula is C11H14ClN3O. The van der Waals surface area contributed by atoms with Crippen molar-refractivity contribution in [3.63, 3.8) is 0 Å². The number of carbonyl (C=O) groups excluding carboxylic acids is 1. The van der Waals surface area contributed by atoms with E-state index in [2.05, 4.69) is 15.3 Å². The van der Waals surface area contributed by atoms with E-state index in [0.717, 1.165) is 5.69 Å². The molecule has 2 rings (SSSR count). The molecule has 0 atom stereocenters. The zero-order valence-electron chi connectivity index (χ0n) is 9.76. The van der Waals surface area contributed by atoms with Crippen LogP contribution in [0, 0.1) is 0 Å². The van der Waals surface area contributed by atoms with E-state index in [1.165, 1.54) is 6.20 Å². The van der Waals surface area contributed by atoms with Crippen LogP contribution in [0.1, 0.15) is 39.1 Å². The Morgan fingerprint density at radius 2 is 1.88 bits per heavy atom. The van der Waals surface area contributed by atoms with Crippen molar-refractivity contribution in [3.05, 3.63) is 22.7 Å². The first-order chi connectivity index (χ1) is 7.25. The molecular weight excluding hydrogens is 226 g/mol. The van der Waals surface area contributed by atoms with E-state index in [1.54, 1.807) is 0 Å². The quantitative estimate of drug-likeness (QED) is 0.751. The lowest BCUT2D eigenvalue weighted by atomic mass is 9.78. The van der Waals surface area contributed by atoms with Crippen LogP contribution >= 0.6 is 11.6 Å². The van der Waals surface area contributed by atoms with Crippen LogP contribution < -0.4 is 5.32 Å². The molecule has 5 heteroatoms. The van der Waals surface area contributed by atoms with Crippen molar-refractivity contribution in [2.75, 3.05) is 0 Å². The number of aromatic nitrogens is 2. The number of halogens is 1. The third kappa shape index (κ3) is 1.48. The summed E-state index contributed by atoms with van der Waals surface area (Å²) < 4.78 is 0. The van der Waals surface area contributed by atoms with Gasteiger partial charge in [0.15, 0.2) is 0 Å². The Morgan fingerprint density at radius 3 is 2.50 bits per heavy atom. The van der Waals surface area contributed by atoms with Gasteiger partial charge in [-0.1, -0.05) is 11.6 Å². The molecule has 0 spiro atoms. The maximum absolute atomic E-state index is 12.0. The van der Waals surface area contributed by atoms with Crippen LogP contribution in [-0.2, 0) is 15.7 Å². The van der Waals surface area contributed by atoms with Crippen LogP contribution in [-0.4, -0.2) is 15.9 Å². The van der Waals surface area contributed by atoms with Gasteiger partial charge in [0.05, 0.1) is 28.5 Å². The Bertz CT molecular complexity index is 468. The predicted octanol–water partition coefficient (Wildman–Crippen LogP) is 1.77. The third-order valence-corrected chi connectivity index (χ3v) is 3.10. The lowest BCUT2D eigenvalue weighted by molar-refractivity contribution is -0.128. The van der Waals surface area contributed by atoms with Gasteiger partial charge in [-0.3, -0.25) is 9.78 Å². The summed E-state index contributed by atoms with van der Waals surface area (Å²) >= 11 is 5.84. The van der Waals surface area contributed by atoms with Crippen LogP contribution in [0.5, 0.6) is 0 Å². The van der Waals surface area contributed by atoms with Gasteiger partial charge in [0.1, 0.15) is 5.15 Å². The first kappa shape index (κ1) is 11.3. The smallest absolute Gasteiger partial charge is 0.232 e. The van der Waals surface area contributed by atoms with Crippen molar-refractivity contribution in [2.45, 2.75) is 38.6 Å². The molecule has 0 aromatic carbocycles. The topological polar surface area (TPSA) is 54.9 Å². The Labute approximate surface area is 99.4 Å². The summed E-state index contributed by atoms with van der Waals surface area (Å²) in [4.78, 5) is 20.5. The minimum Gasteiger partial charge on any atom is -0.345 e. The zero-order chi connectivity index (χ0) is 12.1. The molecule has 0 bridgehead atoms. The first-order valence-corrected chi connectivity index (χ1v) is 5.49. The van der Waals surface area contributed by atoms with Gasteiger partial charge in [-0.15, -0.1) is 0 Å². The molecule has 1 N–H and O–H groups in total. The maximum atomic E-state index is 12.0. The van der Waals surface area contributed by atoms with Crippen LogP contribution in [0.25, 0.3) is 0 Å². The number of hydrogen-bond donors (Lipinski definition) is 1. The number of nitrogens with zero attached hydrogens (tertiary/aromatic N) is 2. The maximum Gasteiger partial charge on any atom is 0.232 e. The van der Waals surface area contributed by atoms with E-state index in [-0.39, 0.29) is 5.91 Å². The monoisotopic (exact) mass is 239 g/mol. The van der Waals surface area contributed by atoms with Crippen LogP contribution in [0.15, 0.2) is 6.20 Å². The summed E-state index contributed by atoms with van der Waals surface area (Å²) in [5, 5.41) is 3.25. The molecule has 1 aliphatic heterocycles. The minimum absolute atomic E-state index is 0.0541. The molecule has 0 radical (unpaired) electrons. The molecule has 0 unspecified atom stereocenters. The molecule has 86 valence electrons. The molecule has 4 nitrogen and oxygen atoms in total. The average molecular weight is 240 g/mol. The normalized spacial score (nSPS) is 21.2. The predicted molar refractivity (Wildman–Crippen MR) is 61.2 cm³/mol. The second kappa shape index (κ2) is 3.17. The standard InChI is InChI=1S/C11H14ClN3O/c1-10(2)7-8(13-5-6(12)14-7)11(3,4)15-9(10)16/h5H,1-4H3,(H,15,16). The van der Waals surface area contributed by atoms with Crippen molar-refractivity contribution >= 4 is 17.5 Å². The van der Waals surface area contributed by atoms with Crippen molar-refractivity contribution in [2.24, 2.45) is 0 Å². The van der Waals surface area contributed by atoms with Crippen LogP contribution in [0.2, 0.25) is 5.15 Å². The van der Waals surface area contributed by atoms with E-state index in [0.29, 0.717) is 10.8 Å². The summed E-state index contributed by atoms with van der Waals surface area (Å²) in [6.07, 6.45) is 1.51. The minimum atomic E-state index is -0.692. The second-order valence-electron chi connectivity index (χ2n) is 5.09. The van der Waals surface area contributed by atoms with E-state index in [9.17, 15) is 4.79 Å². The van der Waals surface area contributed by atoms with Crippen molar-refractivity contribution in [3.8, 4) is 0 Å². The summed E-state index contributed by atoms with van der Waals surface area (Å²) in [7, 11) is 0. The highest BCUT2D eigenvalue weighted by atomic mass is 35.5. The number of amides is 1. The Hall–Kier alpha value is -1.16. The van der Waals surface area contributed by atoms with Crippen molar-refractivity contribution in [1.82, 2.24) is 15.3 Å². The highest BCUT2D eigenvalue weighted by Gasteiger charge is 2.45. The highest BCUT2D eigenvalue weighted by molar-refractivity contribution is 6.29. The first-order valence-electron chi connectivity index (χ1n) is 5.11. The lowest BCUT2D eigenvalue weighted by Crippen LogP contribution is -2.55. The van der Waals surface area contributed by atoms with Crippen molar-refractivity contribution in [1.29, 1.82) is 0 Å². The molecule has 1 aliphatic rings. The average Bonchev–Trinajstić information content (AvgIpc) is 2.14. The Morgan fingerprint density at radius 1 is 1.25 bits per heavy atom. The van der Waals surface area contributed by atoms with E-state index < -0.39 is 11.0 Å². The van der Waals surface area contributed by atoms with Gasteiger partial charge in [-0.2, -0.15) is 0 Å². The second-order valence-corrected chi connectivity index (χ2v) is 5.48. The van der Waals surface area contributed by atoms with Gasteiger partial charge in [-0.25, -0.2) is 4.98 Å². The Balaban J connectivity index is 2.73. The van der Waals surface area contributed by atoms with E-state index in [4.69, 9.17) is 11.6 Å². The third-order valence-electron chi connectivity index (χ3n) is 2.92. The van der Waals surface area contributed by atoms with E-state index >= 15 is 0 Å². The number of carbonyl (C=O) groups is 1.